The van der Waals surface area contributed by atoms with E-state index < -0.39 is 0 Å². The number of ketones is 1. The van der Waals surface area contributed by atoms with Crippen LogP contribution in [0.1, 0.15) is 34.5 Å². The van der Waals surface area contributed by atoms with E-state index in [1.165, 1.54) is 12.5 Å². The van der Waals surface area contributed by atoms with Gasteiger partial charge in [0.05, 0.1) is 30.5 Å². The van der Waals surface area contributed by atoms with Gasteiger partial charge in [-0.1, -0.05) is 30.3 Å². The molecule has 3 rings (SSSR count). The Kier molecular flexibility index (Phi) is 6.00. The third-order valence-electron chi connectivity index (χ3n) is 4.70. The van der Waals surface area contributed by atoms with Crippen molar-refractivity contribution in [3.8, 4) is 6.07 Å². The van der Waals surface area contributed by atoms with E-state index >= 15 is 0 Å². The Morgan fingerprint density at radius 3 is 2.62 bits per heavy atom. The third-order valence-corrected chi connectivity index (χ3v) is 4.70. The molecule has 1 atom stereocenters. The zero-order chi connectivity index (χ0) is 18.4. The fourth-order valence-corrected chi connectivity index (χ4v) is 3.24. The lowest BCUT2D eigenvalue weighted by Crippen LogP contribution is -2.41. The molecule has 5 nitrogen and oxygen atoms in total. The highest BCUT2D eigenvalue weighted by Gasteiger charge is 2.22. The first kappa shape index (κ1) is 18.1. The predicted molar refractivity (Wildman–Crippen MR) is 101 cm³/mol. The number of morpholine rings is 1. The molecule has 2 aromatic rings. The molecule has 0 aliphatic carbocycles. The summed E-state index contributed by atoms with van der Waals surface area (Å²) in [6.45, 7) is 5.39. The van der Waals surface area contributed by atoms with Gasteiger partial charge in [0.2, 0.25) is 0 Å². The van der Waals surface area contributed by atoms with Crippen LogP contribution >= 0.6 is 0 Å². The quantitative estimate of drug-likeness (QED) is 0.811. The van der Waals surface area contributed by atoms with Crippen molar-refractivity contribution in [2.45, 2.75) is 13.0 Å². The van der Waals surface area contributed by atoms with Crippen LogP contribution in [0.2, 0.25) is 0 Å². The second-order valence-electron chi connectivity index (χ2n) is 6.38. The Morgan fingerprint density at radius 1 is 1.23 bits per heavy atom. The predicted octanol–water partition coefficient (Wildman–Crippen LogP) is 3.25. The molecule has 0 aromatic heterocycles. The molecule has 5 heteroatoms. The summed E-state index contributed by atoms with van der Waals surface area (Å²) in [6.07, 6.45) is 0. The van der Waals surface area contributed by atoms with Gasteiger partial charge in [-0.3, -0.25) is 9.69 Å². The lowest BCUT2D eigenvalue weighted by molar-refractivity contribution is 0.0187. The number of ether oxygens (including phenoxy) is 1. The van der Waals surface area contributed by atoms with Gasteiger partial charge in [-0.05, 0) is 30.7 Å². The van der Waals surface area contributed by atoms with Crippen LogP contribution in [-0.2, 0) is 4.74 Å². The number of carbonyl (C=O) groups excluding carboxylic acids is 1. The van der Waals surface area contributed by atoms with Crippen LogP contribution in [0.4, 0.5) is 5.69 Å². The number of nitrogens with zero attached hydrogens (tertiary/aromatic N) is 2. The van der Waals surface area contributed by atoms with E-state index in [-0.39, 0.29) is 11.8 Å². The number of carbonyl (C=O) groups is 1. The van der Waals surface area contributed by atoms with Gasteiger partial charge in [-0.2, -0.15) is 5.26 Å². The number of benzene rings is 2. The van der Waals surface area contributed by atoms with E-state index in [2.05, 4.69) is 28.4 Å². The number of anilines is 1. The highest BCUT2D eigenvalue weighted by Crippen LogP contribution is 2.24. The van der Waals surface area contributed by atoms with E-state index in [0.29, 0.717) is 23.4 Å². The Morgan fingerprint density at radius 2 is 1.96 bits per heavy atom. The normalized spacial score (nSPS) is 15.8. The molecular formula is C21H23N3O2. The largest absolute Gasteiger partial charge is 0.382 e. The van der Waals surface area contributed by atoms with Crippen LogP contribution in [0.3, 0.4) is 0 Å². The summed E-state index contributed by atoms with van der Waals surface area (Å²) in [4.78, 5) is 14.1. The molecule has 1 saturated heterocycles. The number of rotatable bonds is 6. The Balaban J connectivity index is 1.83. The highest BCUT2D eigenvalue weighted by atomic mass is 16.5. The highest BCUT2D eigenvalue weighted by molar-refractivity contribution is 5.95. The molecule has 0 spiro atoms. The Bertz CT molecular complexity index is 793. The Hall–Kier alpha value is -2.68. The molecule has 26 heavy (non-hydrogen) atoms. The smallest absolute Gasteiger partial charge is 0.159 e. The van der Waals surface area contributed by atoms with E-state index in [1.807, 2.05) is 18.2 Å². The van der Waals surface area contributed by atoms with Crippen molar-refractivity contribution in [2.75, 3.05) is 38.2 Å². The molecular weight excluding hydrogens is 326 g/mol. The first-order chi connectivity index (χ1) is 12.7. The van der Waals surface area contributed by atoms with Gasteiger partial charge in [-0.15, -0.1) is 0 Å². The van der Waals surface area contributed by atoms with Crippen molar-refractivity contribution in [3.05, 3.63) is 65.2 Å². The monoisotopic (exact) mass is 349 g/mol. The summed E-state index contributed by atoms with van der Waals surface area (Å²) in [7, 11) is 0. The van der Waals surface area contributed by atoms with Crippen molar-refractivity contribution in [1.29, 1.82) is 5.26 Å². The SMILES string of the molecule is CC(=O)c1ccc(C#N)c(NCC(c2ccccc2)N2CCOCC2)c1. The molecule has 1 fully saturated rings. The fourth-order valence-electron chi connectivity index (χ4n) is 3.24. The van der Waals surface area contributed by atoms with E-state index in [9.17, 15) is 10.1 Å². The molecule has 1 heterocycles. The summed E-state index contributed by atoms with van der Waals surface area (Å²) >= 11 is 0. The maximum absolute atomic E-state index is 11.7. The van der Waals surface area contributed by atoms with E-state index in [1.54, 1.807) is 18.2 Å². The summed E-state index contributed by atoms with van der Waals surface area (Å²) in [6, 6.07) is 17.9. The second-order valence-corrected chi connectivity index (χ2v) is 6.38. The molecule has 1 N–H and O–H groups in total. The van der Waals surface area contributed by atoms with Crippen LogP contribution in [-0.4, -0.2) is 43.5 Å². The first-order valence-electron chi connectivity index (χ1n) is 8.84. The molecule has 1 aliphatic rings. The molecule has 2 aromatic carbocycles. The number of nitriles is 1. The van der Waals surface area contributed by atoms with Crippen molar-refractivity contribution in [3.63, 3.8) is 0 Å². The third kappa shape index (κ3) is 4.29. The minimum atomic E-state index is -0.00896. The number of nitrogens with one attached hydrogen (secondary N) is 1. The second kappa shape index (κ2) is 8.61. The van der Waals surface area contributed by atoms with Gasteiger partial charge in [0.15, 0.2) is 5.78 Å². The molecule has 1 aliphatic heterocycles. The minimum absolute atomic E-state index is 0.00896. The molecule has 0 amide bonds. The molecule has 1 unspecified atom stereocenters. The van der Waals surface area contributed by atoms with Gasteiger partial charge in [0.25, 0.3) is 0 Å². The van der Waals surface area contributed by atoms with Crippen LogP contribution in [0.5, 0.6) is 0 Å². The van der Waals surface area contributed by atoms with Gasteiger partial charge in [-0.25, -0.2) is 0 Å². The zero-order valence-electron chi connectivity index (χ0n) is 14.9. The number of hydrogen-bond acceptors (Lipinski definition) is 5. The summed E-state index contributed by atoms with van der Waals surface area (Å²) in [5.41, 5.74) is 3.08. The lowest BCUT2D eigenvalue weighted by Gasteiger charge is -2.35. The zero-order valence-corrected chi connectivity index (χ0v) is 14.9. The molecule has 0 bridgehead atoms. The minimum Gasteiger partial charge on any atom is -0.382 e. The topological polar surface area (TPSA) is 65.4 Å². The number of Topliss-reactive ketones (excluding diaryl/α,β-unsaturated/α-hetero) is 1. The molecule has 0 saturated carbocycles. The van der Waals surface area contributed by atoms with Crippen LogP contribution in [0, 0.1) is 11.3 Å². The maximum Gasteiger partial charge on any atom is 0.159 e. The van der Waals surface area contributed by atoms with Gasteiger partial charge in [0.1, 0.15) is 6.07 Å². The van der Waals surface area contributed by atoms with Crippen molar-refractivity contribution < 1.29 is 9.53 Å². The van der Waals surface area contributed by atoms with E-state index in [4.69, 9.17) is 4.74 Å². The van der Waals surface area contributed by atoms with Crippen LogP contribution in [0.15, 0.2) is 48.5 Å². The average Bonchev–Trinajstić information content (AvgIpc) is 2.69. The number of hydrogen-bond donors (Lipinski definition) is 1. The summed E-state index contributed by atoms with van der Waals surface area (Å²) < 4.78 is 5.48. The maximum atomic E-state index is 11.7. The van der Waals surface area contributed by atoms with Gasteiger partial charge in [0, 0.05) is 25.2 Å². The van der Waals surface area contributed by atoms with Crippen molar-refractivity contribution in [2.24, 2.45) is 0 Å². The summed E-state index contributed by atoms with van der Waals surface area (Å²) in [5.74, 6) is -0.00896. The van der Waals surface area contributed by atoms with Crippen molar-refractivity contribution in [1.82, 2.24) is 4.90 Å². The average molecular weight is 349 g/mol. The van der Waals surface area contributed by atoms with Gasteiger partial charge < -0.3 is 10.1 Å². The van der Waals surface area contributed by atoms with Crippen molar-refractivity contribution >= 4 is 11.5 Å². The van der Waals surface area contributed by atoms with Gasteiger partial charge >= 0.3 is 0 Å². The fraction of sp³-hybridized carbons (Fsp3) is 0.333. The standard InChI is InChI=1S/C21H23N3O2/c1-16(25)18-7-8-19(14-22)20(13-18)23-15-21(17-5-3-2-4-6-17)24-9-11-26-12-10-24/h2-8,13,21,23H,9-12,15H2,1H3. The molecule has 134 valence electrons. The van der Waals surface area contributed by atoms with E-state index in [0.717, 1.165) is 26.3 Å². The van der Waals surface area contributed by atoms with Crippen LogP contribution < -0.4 is 5.32 Å². The lowest BCUT2D eigenvalue weighted by atomic mass is 10.0. The van der Waals surface area contributed by atoms with Crippen LogP contribution in [0.25, 0.3) is 0 Å². The first-order valence-corrected chi connectivity index (χ1v) is 8.84. The molecule has 0 radical (unpaired) electrons. The summed E-state index contributed by atoms with van der Waals surface area (Å²) in [5, 5.41) is 12.8. The Labute approximate surface area is 154 Å².